The van der Waals surface area contributed by atoms with Crippen LogP contribution in [0.1, 0.15) is 16.8 Å². The van der Waals surface area contributed by atoms with Crippen molar-refractivity contribution in [3.8, 4) is 5.75 Å². The van der Waals surface area contributed by atoms with Gasteiger partial charge in [0.2, 0.25) is 0 Å². The Morgan fingerprint density at radius 2 is 2.19 bits per heavy atom. The number of aldehydes is 1. The van der Waals surface area contributed by atoms with E-state index in [1.54, 1.807) is 17.0 Å². The average Bonchev–Trinajstić information content (AvgIpc) is 2.47. The first-order chi connectivity index (χ1) is 7.83. The predicted molar refractivity (Wildman–Crippen MR) is 58.5 cm³/mol. The fourth-order valence-corrected chi connectivity index (χ4v) is 1.73. The molecule has 0 aromatic heterocycles. The summed E-state index contributed by atoms with van der Waals surface area (Å²) in [6.45, 7) is 1.46. The van der Waals surface area contributed by atoms with E-state index in [4.69, 9.17) is 4.74 Å². The van der Waals surface area contributed by atoms with Gasteiger partial charge in [-0.3, -0.25) is 4.79 Å². The van der Waals surface area contributed by atoms with Gasteiger partial charge in [-0.15, -0.1) is 0 Å². The van der Waals surface area contributed by atoms with Gasteiger partial charge in [0, 0.05) is 13.0 Å². The van der Waals surface area contributed by atoms with E-state index in [0.29, 0.717) is 37.4 Å². The number of carbonyl (C=O) groups excluding carboxylic acids is 2. The maximum Gasteiger partial charge on any atom is 0.257 e. The Morgan fingerprint density at radius 3 is 3.00 bits per heavy atom. The number of hydrogen-bond acceptors (Lipinski definition) is 3. The molecule has 2 rings (SSSR count). The largest absolute Gasteiger partial charge is 0.491 e. The molecule has 84 valence electrons. The quantitative estimate of drug-likeness (QED) is 0.715. The molecule has 0 bridgehead atoms. The van der Waals surface area contributed by atoms with Crippen LogP contribution in [0, 0.1) is 0 Å². The van der Waals surface area contributed by atoms with Crippen LogP contribution < -0.4 is 4.74 Å². The zero-order valence-corrected chi connectivity index (χ0v) is 8.89. The Hall–Kier alpha value is -1.84. The van der Waals surface area contributed by atoms with Gasteiger partial charge in [0.25, 0.3) is 5.91 Å². The van der Waals surface area contributed by atoms with Crippen LogP contribution in [0.2, 0.25) is 0 Å². The first-order valence-electron chi connectivity index (χ1n) is 5.27. The Labute approximate surface area is 93.8 Å². The molecule has 0 unspecified atom stereocenters. The molecule has 4 heteroatoms. The number of fused-ring (bicyclic) bond motifs is 1. The highest BCUT2D eigenvalue weighted by Gasteiger charge is 2.22. The number of benzene rings is 1. The van der Waals surface area contributed by atoms with Gasteiger partial charge in [0.1, 0.15) is 18.6 Å². The molecule has 1 aromatic rings. The van der Waals surface area contributed by atoms with Crippen LogP contribution in [-0.4, -0.2) is 36.8 Å². The maximum absolute atomic E-state index is 12.1. The molecule has 0 aliphatic carbocycles. The summed E-state index contributed by atoms with van der Waals surface area (Å²) < 4.78 is 5.48. The molecular weight excluding hydrogens is 206 g/mol. The molecular formula is C12H13NO3. The third-order valence-electron chi connectivity index (χ3n) is 2.54. The van der Waals surface area contributed by atoms with E-state index in [-0.39, 0.29) is 5.91 Å². The first-order valence-corrected chi connectivity index (χ1v) is 5.27. The normalized spacial score (nSPS) is 15.0. The second kappa shape index (κ2) is 4.79. The zero-order chi connectivity index (χ0) is 11.4. The van der Waals surface area contributed by atoms with E-state index in [9.17, 15) is 9.59 Å². The molecule has 0 saturated carbocycles. The van der Waals surface area contributed by atoms with Crippen molar-refractivity contribution in [3.05, 3.63) is 29.8 Å². The van der Waals surface area contributed by atoms with Crippen LogP contribution in [0.15, 0.2) is 24.3 Å². The van der Waals surface area contributed by atoms with Crippen molar-refractivity contribution >= 4 is 12.2 Å². The van der Waals surface area contributed by atoms with Crippen LogP contribution >= 0.6 is 0 Å². The summed E-state index contributed by atoms with van der Waals surface area (Å²) in [6.07, 6.45) is 1.19. The van der Waals surface area contributed by atoms with Crippen LogP contribution in [0.4, 0.5) is 0 Å². The standard InChI is InChI=1S/C12H13NO3/c14-8-3-6-13-7-9-16-11-5-2-1-4-10(11)12(13)15/h1-2,4-5,8H,3,6-7,9H2. The molecule has 0 N–H and O–H groups in total. The fourth-order valence-electron chi connectivity index (χ4n) is 1.73. The van der Waals surface area contributed by atoms with E-state index in [1.165, 1.54) is 0 Å². The lowest BCUT2D eigenvalue weighted by Crippen LogP contribution is -2.33. The van der Waals surface area contributed by atoms with E-state index < -0.39 is 0 Å². The maximum atomic E-state index is 12.1. The lowest BCUT2D eigenvalue weighted by Gasteiger charge is -2.18. The van der Waals surface area contributed by atoms with E-state index in [0.717, 1.165) is 6.29 Å². The number of hydrogen-bond donors (Lipinski definition) is 0. The molecule has 4 nitrogen and oxygen atoms in total. The second-order valence-electron chi connectivity index (χ2n) is 3.59. The summed E-state index contributed by atoms with van der Waals surface area (Å²) in [5.41, 5.74) is 0.575. The van der Waals surface area contributed by atoms with Gasteiger partial charge in [-0.05, 0) is 12.1 Å². The molecule has 1 aliphatic rings. The highest BCUT2D eigenvalue weighted by Crippen LogP contribution is 2.22. The fraction of sp³-hybridized carbons (Fsp3) is 0.333. The monoisotopic (exact) mass is 219 g/mol. The lowest BCUT2D eigenvalue weighted by atomic mass is 10.2. The van der Waals surface area contributed by atoms with Crippen molar-refractivity contribution in [2.75, 3.05) is 19.7 Å². The Bertz CT molecular complexity index is 403. The average molecular weight is 219 g/mol. The summed E-state index contributed by atoms with van der Waals surface area (Å²) >= 11 is 0. The molecule has 1 amide bonds. The summed E-state index contributed by atoms with van der Waals surface area (Å²) in [5, 5.41) is 0. The number of nitrogens with zero attached hydrogens (tertiary/aromatic N) is 1. The molecule has 0 atom stereocenters. The lowest BCUT2D eigenvalue weighted by molar-refractivity contribution is -0.108. The van der Waals surface area contributed by atoms with Crippen LogP contribution in [0.3, 0.4) is 0 Å². The van der Waals surface area contributed by atoms with E-state index >= 15 is 0 Å². The molecule has 0 fully saturated rings. The summed E-state index contributed by atoms with van der Waals surface area (Å²) in [4.78, 5) is 24.0. The first kappa shape index (κ1) is 10.7. The summed E-state index contributed by atoms with van der Waals surface area (Å²) in [7, 11) is 0. The number of carbonyl (C=O) groups is 2. The SMILES string of the molecule is O=CCCN1CCOc2ccccc2C1=O. The molecule has 1 heterocycles. The molecule has 1 aromatic carbocycles. The van der Waals surface area contributed by atoms with Gasteiger partial charge in [0.05, 0.1) is 12.1 Å². The minimum Gasteiger partial charge on any atom is -0.491 e. The van der Waals surface area contributed by atoms with Crippen molar-refractivity contribution in [2.45, 2.75) is 6.42 Å². The van der Waals surface area contributed by atoms with Gasteiger partial charge in [-0.25, -0.2) is 0 Å². The van der Waals surface area contributed by atoms with Crippen molar-refractivity contribution in [1.29, 1.82) is 0 Å². The van der Waals surface area contributed by atoms with Crippen LogP contribution in [-0.2, 0) is 4.79 Å². The number of ether oxygens (including phenoxy) is 1. The minimum absolute atomic E-state index is 0.0602. The minimum atomic E-state index is -0.0602. The number of para-hydroxylation sites is 1. The van der Waals surface area contributed by atoms with Gasteiger partial charge in [-0.2, -0.15) is 0 Å². The third-order valence-corrected chi connectivity index (χ3v) is 2.54. The van der Waals surface area contributed by atoms with E-state index in [2.05, 4.69) is 0 Å². The van der Waals surface area contributed by atoms with Gasteiger partial charge < -0.3 is 14.4 Å². The molecule has 1 aliphatic heterocycles. The van der Waals surface area contributed by atoms with Crippen molar-refractivity contribution in [1.82, 2.24) is 4.90 Å². The highest BCUT2D eigenvalue weighted by atomic mass is 16.5. The summed E-state index contributed by atoms with van der Waals surface area (Å²) in [5.74, 6) is 0.566. The topological polar surface area (TPSA) is 46.6 Å². The summed E-state index contributed by atoms with van der Waals surface area (Å²) in [6, 6.07) is 7.18. The third kappa shape index (κ3) is 2.05. The van der Waals surface area contributed by atoms with Gasteiger partial charge in [-0.1, -0.05) is 12.1 Å². The molecule has 0 saturated heterocycles. The van der Waals surface area contributed by atoms with Crippen molar-refractivity contribution in [2.24, 2.45) is 0 Å². The van der Waals surface area contributed by atoms with Crippen LogP contribution in [0.5, 0.6) is 5.75 Å². The molecule has 16 heavy (non-hydrogen) atoms. The number of amides is 1. The van der Waals surface area contributed by atoms with Crippen molar-refractivity contribution in [3.63, 3.8) is 0 Å². The Balaban J connectivity index is 2.22. The predicted octanol–water partition coefficient (Wildman–Crippen LogP) is 1.11. The Kier molecular flexibility index (Phi) is 3.19. The van der Waals surface area contributed by atoms with Gasteiger partial charge >= 0.3 is 0 Å². The molecule has 0 spiro atoms. The van der Waals surface area contributed by atoms with Crippen molar-refractivity contribution < 1.29 is 14.3 Å². The number of rotatable bonds is 3. The highest BCUT2D eigenvalue weighted by molar-refractivity contribution is 5.97. The second-order valence-corrected chi connectivity index (χ2v) is 3.59. The van der Waals surface area contributed by atoms with E-state index in [1.807, 2.05) is 12.1 Å². The zero-order valence-electron chi connectivity index (χ0n) is 8.89. The van der Waals surface area contributed by atoms with Gasteiger partial charge in [0.15, 0.2) is 0 Å². The Morgan fingerprint density at radius 1 is 1.38 bits per heavy atom. The molecule has 0 radical (unpaired) electrons. The smallest absolute Gasteiger partial charge is 0.257 e. The van der Waals surface area contributed by atoms with Crippen LogP contribution in [0.25, 0.3) is 0 Å².